The normalized spacial score (nSPS) is 10.2. The van der Waals surface area contributed by atoms with Crippen molar-refractivity contribution < 1.29 is 19.0 Å². The van der Waals surface area contributed by atoms with Crippen LogP contribution in [0.2, 0.25) is 0 Å². The van der Waals surface area contributed by atoms with Crippen molar-refractivity contribution >= 4 is 23.0 Å². The summed E-state index contributed by atoms with van der Waals surface area (Å²) in [6.07, 6.45) is 0. The Morgan fingerprint density at radius 2 is 1.38 bits per heavy atom. The summed E-state index contributed by atoms with van der Waals surface area (Å²) in [7, 11) is 4.55. The Balaban J connectivity index is 1.87. The Bertz CT molecular complexity index is 975. The first kappa shape index (κ1) is 20.1. The summed E-state index contributed by atoms with van der Waals surface area (Å²) in [6.45, 7) is 2.04. The van der Waals surface area contributed by atoms with Crippen LogP contribution in [0.5, 0.6) is 17.2 Å². The number of anilines is 3. The number of hydrogen-bond donors (Lipinski definition) is 2. The highest BCUT2D eigenvalue weighted by Crippen LogP contribution is 2.38. The topological polar surface area (TPSA) is 68.8 Å². The van der Waals surface area contributed by atoms with Gasteiger partial charge >= 0.3 is 0 Å². The zero-order valence-corrected chi connectivity index (χ0v) is 16.9. The minimum atomic E-state index is -0.289. The average molecular weight is 392 g/mol. The van der Waals surface area contributed by atoms with Crippen LogP contribution in [-0.2, 0) is 0 Å². The van der Waals surface area contributed by atoms with Crippen LogP contribution in [-0.4, -0.2) is 27.2 Å². The molecule has 0 aliphatic rings. The first-order valence-corrected chi connectivity index (χ1v) is 9.09. The van der Waals surface area contributed by atoms with Gasteiger partial charge in [0.15, 0.2) is 11.5 Å². The summed E-state index contributed by atoms with van der Waals surface area (Å²) in [5.41, 5.74) is 3.96. The highest BCUT2D eigenvalue weighted by Gasteiger charge is 2.17. The van der Waals surface area contributed by atoms with Crippen LogP contribution in [0.1, 0.15) is 15.9 Å². The Morgan fingerprint density at radius 1 is 0.793 bits per heavy atom. The summed E-state index contributed by atoms with van der Waals surface area (Å²) in [6, 6.07) is 18.8. The van der Waals surface area contributed by atoms with Gasteiger partial charge in [-0.25, -0.2) is 0 Å². The van der Waals surface area contributed by atoms with Crippen molar-refractivity contribution in [2.24, 2.45) is 0 Å². The minimum Gasteiger partial charge on any atom is -0.493 e. The molecule has 3 aromatic rings. The van der Waals surface area contributed by atoms with Crippen molar-refractivity contribution in [1.82, 2.24) is 0 Å². The van der Waals surface area contributed by atoms with Crippen LogP contribution in [0.15, 0.2) is 60.7 Å². The molecule has 0 bridgehead atoms. The number of amides is 1. The van der Waals surface area contributed by atoms with Crippen LogP contribution >= 0.6 is 0 Å². The van der Waals surface area contributed by atoms with E-state index in [1.807, 2.05) is 55.5 Å². The molecule has 0 aromatic heterocycles. The maximum absolute atomic E-state index is 12.9. The van der Waals surface area contributed by atoms with Crippen molar-refractivity contribution in [2.45, 2.75) is 6.92 Å². The molecule has 3 rings (SSSR count). The van der Waals surface area contributed by atoms with E-state index in [1.54, 1.807) is 12.1 Å². The molecular weight excluding hydrogens is 368 g/mol. The van der Waals surface area contributed by atoms with Crippen LogP contribution in [0.4, 0.5) is 17.1 Å². The van der Waals surface area contributed by atoms with Crippen molar-refractivity contribution in [1.29, 1.82) is 0 Å². The standard InChI is InChI=1S/C23H24N2O4/c1-15-9-11-17(12-10-15)24-18-7-5-6-8-19(18)25-23(26)16-13-20(27-2)22(29-4)21(14-16)28-3/h5-14,24H,1-4H3,(H,25,26). The highest BCUT2D eigenvalue weighted by molar-refractivity contribution is 6.06. The van der Waals surface area contributed by atoms with E-state index in [0.717, 1.165) is 11.4 Å². The van der Waals surface area contributed by atoms with E-state index >= 15 is 0 Å². The number of ether oxygens (including phenoxy) is 3. The second-order valence-corrected chi connectivity index (χ2v) is 6.40. The molecule has 6 heteroatoms. The Labute approximate surface area is 170 Å². The second-order valence-electron chi connectivity index (χ2n) is 6.40. The molecule has 3 aromatic carbocycles. The third kappa shape index (κ3) is 4.60. The summed E-state index contributed by atoms with van der Waals surface area (Å²) in [5.74, 6) is 0.988. The Kier molecular flexibility index (Phi) is 6.24. The van der Waals surface area contributed by atoms with E-state index in [0.29, 0.717) is 28.5 Å². The van der Waals surface area contributed by atoms with Crippen molar-refractivity contribution in [3.05, 3.63) is 71.8 Å². The van der Waals surface area contributed by atoms with Crippen LogP contribution in [0.25, 0.3) is 0 Å². The lowest BCUT2D eigenvalue weighted by Gasteiger charge is -2.16. The summed E-state index contributed by atoms with van der Waals surface area (Å²) in [5, 5.41) is 6.28. The number of carbonyl (C=O) groups is 1. The van der Waals surface area contributed by atoms with E-state index in [1.165, 1.54) is 26.9 Å². The maximum Gasteiger partial charge on any atom is 0.255 e. The van der Waals surface area contributed by atoms with Gasteiger partial charge in [0, 0.05) is 11.3 Å². The lowest BCUT2D eigenvalue weighted by atomic mass is 10.1. The molecule has 0 aliphatic heterocycles. The first-order valence-electron chi connectivity index (χ1n) is 9.09. The smallest absolute Gasteiger partial charge is 0.255 e. The molecule has 0 heterocycles. The molecular formula is C23H24N2O4. The third-order valence-electron chi connectivity index (χ3n) is 4.43. The fraction of sp³-hybridized carbons (Fsp3) is 0.174. The number of rotatable bonds is 7. The van der Waals surface area contributed by atoms with Gasteiger partial charge in [0.2, 0.25) is 5.75 Å². The Hall–Kier alpha value is -3.67. The number of methoxy groups -OCH3 is 3. The van der Waals surface area contributed by atoms with Crippen LogP contribution in [0, 0.1) is 6.92 Å². The number of carbonyl (C=O) groups excluding carboxylic acids is 1. The van der Waals surface area contributed by atoms with E-state index in [9.17, 15) is 4.79 Å². The summed E-state index contributed by atoms with van der Waals surface area (Å²) >= 11 is 0. The van der Waals surface area contributed by atoms with Gasteiger partial charge in [-0.2, -0.15) is 0 Å². The lowest BCUT2D eigenvalue weighted by Crippen LogP contribution is -2.13. The molecule has 0 radical (unpaired) electrons. The molecule has 2 N–H and O–H groups in total. The number of para-hydroxylation sites is 2. The highest BCUT2D eigenvalue weighted by atomic mass is 16.5. The second kappa shape index (κ2) is 9.01. The Morgan fingerprint density at radius 3 is 1.93 bits per heavy atom. The maximum atomic E-state index is 12.9. The van der Waals surface area contributed by atoms with Crippen molar-refractivity contribution in [3.8, 4) is 17.2 Å². The minimum absolute atomic E-state index is 0.289. The van der Waals surface area contributed by atoms with Gasteiger partial charge in [0.1, 0.15) is 0 Å². The number of hydrogen-bond acceptors (Lipinski definition) is 5. The average Bonchev–Trinajstić information content (AvgIpc) is 2.75. The molecule has 0 atom stereocenters. The quantitative estimate of drug-likeness (QED) is 0.591. The lowest BCUT2D eigenvalue weighted by molar-refractivity contribution is 0.102. The molecule has 0 unspecified atom stereocenters. The monoisotopic (exact) mass is 392 g/mol. The van der Waals surface area contributed by atoms with Gasteiger partial charge in [0.05, 0.1) is 32.7 Å². The fourth-order valence-electron chi connectivity index (χ4n) is 2.90. The van der Waals surface area contributed by atoms with Crippen LogP contribution < -0.4 is 24.8 Å². The van der Waals surface area contributed by atoms with Gasteiger partial charge in [0.25, 0.3) is 5.91 Å². The number of aryl methyl sites for hydroxylation is 1. The van der Waals surface area contributed by atoms with Gasteiger partial charge in [-0.1, -0.05) is 29.8 Å². The zero-order valence-electron chi connectivity index (χ0n) is 16.9. The molecule has 0 fully saturated rings. The molecule has 0 saturated heterocycles. The van der Waals surface area contributed by atoms with E-state index < -0.39 is 0 Å². The molecule has 0 spiro atoms. The summed E-state index contributed by atoms with van der Waals surface area (Å²) < 4.78 is 16.0. The van der Waals surface area contributed by atoms with Gasteiger partial charge in [-0.05, 0) is 43.3 Å². The van der Waals surface area contributed by atoms with E-state index in [4.69, 9.17) is 14.2 Å². The van der Waals surface area contributed by atoms with Gasteiger partial charge in [-0.15, -0.1) is 0 Å². The number of benzene rings is 3. The molecule has 0 aliphatic carbocycles. The third-order valence-corrected chi connectivity index (χ3v) is 4.43. The molecule has 0 saturated carbocycles. The van der Waals surface area contributed by atoms with E-state index in [2.05, 4.69) is 10.6 Å². The largest absolute Gasteiger partial charge is 0.493 e. The summed E-state index contributed by atoms with van der Waals surface area (Å²) in [4.78, 5) is 12.9. The van der Waals surface area contributed by atoms with Gasteiger partial charge in [-0.3, -0.25) is 4.79 Å². The zero-order chi connectivity index (χ0) is 20.8. The van der Waals surface area contributed by atoms with E-state index in [-0.39, 0.29) is 5.91 Å². The van der Waals surface area contributed by atoms with Crippen LogP contribution in [0.3, 0.4) is 0 Å². The van der Waals surface area contributed by atoms with Crippen molar-refractivity contribution in [3.63, 3.8) is 0 Å². The predicted octanol–water partition coefficient (Wildman–Crippen LogP) is 5.02. The van der Waals surface area contributed by atoms with Gasteiger partial charge < -0.3 is 24.8 Å². The molecule has 1 amide bonds. The number of nitrogens with one attached hydrogen (secondary N) is 2. The van der Waals surface area contributed by atoms with Crippen molar-refractivity contribution in [2.75, 3.05) is 32.0 Å². The predicted molar refractivity (Wildman–Crippen MR) is 115 cm³/mol. The fourth-order valence-corrected chi connectivity index (χ4v) is 2.90. The molecule has 150 valence electrons. The molecule has 6 nitrogen and oxygen atoms in total. The molecule has 29 heavy (non-hydrogen) atoms. The SMILES string of the molecule is COc1cc(C(=O)Nc2ccccc2Nc2ccc(C)cc2)cc(OC)c1OC. The first-order chi connectivity index (χ1) is 14.0.